The molecule has 0 unspecified atom stereocenters. The Kier molecular flexibility index (Phi) is 6.11. The number of hydrogen-bond donors (Lipinski definition) is 6. The van der Waals surface area contributed by atoms with Gasteiger partial charge in [-0.1, -0.05) is 0 Å². The summed E-state index contributed by atoms with van der Waals surface area (Å²) in [5, 5.41) is 11.4. The molecule has 2 aromatic rings. The second-order valence-corrected chi connectivity index (χ2v) is 11.6. The first-order valence-electron chi connectivity index (χ1n) is 7.21. The minimum atomic E-state index is -5.22. The van der Waals surface area contributed by atoms with E-state index in [0.29, 0.717) is 18.2 Å². The van der Waals surface area contributed by atoms with Crippen molar-refractivity contribution in [1.29, 1.82) is 0 Å². The van der Waals surface area contributed by atoms with Crippen LogP contribution in [0.1, 0.15) is 5.56 Å². The van der Waals surface area contributed by atoms with E-state index >= 15 is 0 Å². The Morgan fingerprint density at radius 2 is 1.33 bits per heavy atom. The van der Waals surface area contributed by atoms with Gasteiger partial charge in [0.15, 0.2) is 0 Å². The van der Waals surface area contributed by atoms with E-state index in [4.69, 9.17) is 9.11 Å². The topological polar surface area (TPSA) is 250 Å². The average molecular weight is 507 g/mol. The van der Waals surface area contributed by atoms with Crippen LogP contribution in [0.5, 0.6) is 5.75 Å². The van der Waals surface area contributed by atoms with Gasteiger partial charge in [0, 0.05) is 16.6 Å². The zero-order valence-electron chi connectivity index (χ0n) is 14.3. The lowest BCUT2D eigenvalue weighted by Gasteiger charge is -2.16. The lowest BCUT2D eigenvalue weighted by atomic mass is 10.0. The number of aromatic hydroxyl groups is 1. The molecule has 0 aromatic heterocycles. The molecule has 30 heavy (non-hydrogen) atoms. The molecule has 2 rings (SSSR count). The molecule has 0 saturated carbocycles. The van der Waals surface area contributed by atoms with Gasteiger partial charge in [-0.3, -0.25) is 18.2 Å². The Morgan fingerprint density at radius 3 is 1.77 bits per heavy atom. The van der Waals surface area contributed by atoms with Gasteiger partial charge in [0.2, 0.25) is 0 Å². The maximum absolute atomic E-state index is 11.6. The van der Waals surface area contributed by atoms with Crippen LogP contribution >= 0.6 is 0 Å². The molecule has 0 saturated heterocycles. The number of nitrogens with one attached hydrogen (secondary N) is 1. The third-order valence-corrected chi connectivity index (χ3v) is 6.51. The van der Waals surface area contributed by atoms with E-state index in [-0.39, 0.29) is 0 Å². The van der Waals surface area contributed by atoms with E-state index in [9.17, 15) is 47.9 Å². The number of phenolic OH excluding ortho intramolecular Hbond substituents is 1. The third kappa shape index (κ3) is 5.76. The summed E-state index contributed by atoms with van der Waals surface area (Å²) >= 11 is 0. The smallest absolute Gasteiger partial charge is 0.294 e. The first-order chi connectivity index (χ1) is 13.3. The van der Waals surface area contributed by atoms with Crippen LogP contribution < -0.4 is 5.32 Å². The Hall–Kier alpha value is -2.06. The van der Waals surface area contributed by atoms with Crippen LogP contribution in [0.4, 0.5) is 5.69 Å². The van der Waals surface area contributed by atoms with Crippen LogP contribution in [0.15, 0.2) is 28.0 Å². The Balaban J connectivity index is 3.05. The number of anilines is 1. The fraction of sp³-hybridized carbons (Fsp3) is 0.167. The largest absolute Gasteiger partial charge is 0.507 e. The molecule has 18 heteroatoms. The van der Waals surface area contributed by atoms with Gasteiger partial charge in [0.05, 0.1) is 4.90 Å². The minimum Gasteiger partial charge on any atom is -0.507 e. The molecule has 0 heterocycles. The minimum absolute atomic E-state index is 0.507. The number of benzene rings is 2. The van der Waals surface area contributed by atoms with E-state index in [1.165, 1.54) is 0 Å². The van der Waals surface area contributed by atoms with Crippen LogP contribution in [0.3, 0.4) is 0 Å². The van der Waals surface area contributed by atoms with Crippen molar-refractivity contribution in [2.75, 3.05) is 11.2 Å². The van der Waals surface area contributed by atoms with Crippen molar-refractivity contribution >= 4 is 56.9 Å². The maximum atomic E-state index is 11.6. The molecular formula is C12H13NO13S4. The van der Waals surface area contributed by atoms with Gasteiger partial charge in [0.25, 0.3) is 40.5 Å². The van der Waals surface area contributed by atoms with Crippen molar-refractivity contribution in [2.24, 2.45) is 0 Å². The molecule has 0 radical (unpaired) electrons. The van der Waals surface area contributed by atoms with E-state index in [2.05, 4.69) is 0 Å². The van der Waals surface area contributed by atoms with Gasteiger partial charge in [-0.2, -0.15) is 33.7 Å². The Morgan fingerprint density at radius 1 is 0.767 bits per heavy atom. The summed E-state index contributed by atoms with van der Waals surface area (Å²) in [5.41, 5.74) is -1.60. The summed E-state index contributed by atoms with van der Waals surface area (Å²) in [6, 6.07) is 1.76. The van der Waals surface area contributed by atoms with E-state index in [1.807, 2.05) is 5.32 Å². The monoisotopic (exact) mass is 507 g/mol. The zero-order valence-corrected chi connectivity index (χ0v) is 17.5. The maximum Gasteiger partial charge on any atom is 0.294 e. The molecule has 6 N–H and O–H groups in total. The SMILES string of the molecule is O=S(=O)(O)CNc1cc(S(=O)(=O)O)cc2cc(S(=O)(=O)O)c(CS(=O)(=O)O)c(O)c12. The number of hydrogen-bond acceptors (Lipinski definition) is 10. The molecule has 0 aliphatic carbocycles. The first-order valence-corrected chi connectivity index (χ1v) is 13.3. The van der Waals surface area contributed by atoms with Gasteiger partial charge in [-0.25, -0.2) is 0 Å². The highest BCUT2D eigenvalue weighted by molar-refractivity contribution is 7.86. The van der Waals surface area contributed by atoms with Gasteiger partial charge in [-0.05, 0) is 23.6 Å². The number of rotatable bonds is 7. The van der Waals surface area contributed by atoms with Crippen molar-refractivity contribution in [3.05, 3.63) is 23.8 Å². The lowest BCUT2D eigenvalue weighted by molar-refractivity contribution is 0.459. The second-order valence-electron chi connectivity index (χ2n) is 5.85. The van der Waals surface area contributed by atoms with E-state index in [1.54, 1.807) is 0 Å². The van der Waals surface area contributed by atoms with Crippen molar-refractivity contribution in [3.63, 3.8) is 0 Å². The van der Waals surface area contributed by atoms with Crippen LogP contribution in [0.25, 0.3) is 10.8 Å². The average Bonchev–Trinajstić information content (AvgIpc) is 2.50. The standard InChI is InChI=1S/C12H13NO13S4/c14-12-8(4-27(15,16)17)10(30(24,25)26)2-6-1-7(29(21,22)23)3-9(11(6)12)13-5-28(18,19)20/h1-3,13-14H,4-5H2,(H,15,16,17)(H,18,19,20)(H,21,22,23)(H,24,25,26). The molecule has 0 spiro atoms. The van der Waals surface area contributed by atoms with Gasteiger partial charge in [-0.15, -0.1) is 0 Å². The van der Waals surface area contributed by atoms with E-state index in [0.717, 1.165) is 0 Å². The Labute approximate surface area is 170 Å². The van der Waals surface area contributed by atoms with Crippen molar-refractivity contribution in [2.45, 2.75) is 15.5 Å². The highest BCUT2D eigenvalue weighted by Crippen LogP contribution is 2.40. The van der Waals surface area contributed by atoms with Gasteiger partial charge < -0.3 is 10.4 Å². The second kappa shape index (κ2) is 7.57. The normalized spacial score (nSPS) is 13.5. The molecule has 0 aliphatic rings. The number of fused-ring (bicyclic) bond motifs is 1. The van der Waals surface area contributed by atoms with Crippen molar-refractivity contribution < 1.29 is 57.0 Å². The fourth-order valence-electron chi connectivity index (χ4n) is 2.52. The highest BCUT2D eigenvalue weighted by atomic mass is 32.2. The summed E-state index contributed by atoms with van der Waals surface area (Å²) in [5.74, 6) is -3.91. The molecule has 2 aromatic carbocycles. The van der Waals surface area contributed by atoms with Crippen LogP contribution in [-0.4, -0.2) is 62.9 Å². The van der Waals surface area contributed by atoms with Crippen LogP contribution in [-0.2, 0) is 46.2 Å². The molecule has 168 valence electrons. The summed E-state index contributed by atoms with van der Waals surface area (Å²) < 4.78 is 127. The zero-order chi connectivity index (χ0) is 23.3. The molecule has 0 aliphatic heterocycles. The lowest BCUT2D eigenvalue weighted by Crippen LogP contribution is -2.14. The van der Waals surface area contributed by atoms with Gasteiger partial charge in [0.1, 0.15) is 22.3 Å². The van der Waals surface area contributed by atoms with Crippen LogP contribution in [0.2, 0.25) is 0 Å². The van der Waals surface area contributed by atoms with Gasteiger partial charge >= 0.3 is 0 Å². The molecule has 0 bridgehead atoms. The van der Waals surface area contributed by atoms with E-state index < -0.39 is 89.7 Å². The summed E-state index contributed by atoms with van der Waals surface area (Å²) in [6.07, 6.45) is 0. The van der Waals surface area contributed by atoms with Crippen molar-refractivity contribution in [1.82, 2.24) is 0 Å². The molecule has 14 nitrogen and oxygen atoms in total. The Bertz CT molecular complexity index is 1460. The summed E-state index contributed by atoms with van der Waals surface area (Å²) in [6.45, 7) is 0. The quantitative estimate of drug-likeness (QED) is 0.263. The summed E-state index contributed by atoms with van der Waals surface area (Å²) in [4.78, 5) is -2.12. The number of phenols is 1. The molecule has 0 amide bonds. The molecular weight excluding hydrogens is 494 g/mol. The molecule has 0 fully saturated rings. The third-order valence-electron chi connectivity index (χ3n) is 3.60. The predicted octanol–water partition coefficient (Wildman–Crippen LogP) is -0.316. The first kappa shape index (κ1) is 24.2. The van der Waals surface area contributed by atoms with Crippen molar-refractivity contribution in [3.8, 4) is 5.75 Å². The van der Waals surface area contributed by atoms with Crippen LogP contribution in [0, 0.1) is 0 Å². The summed E-state index contributed by atoms with van der Waals surface area (Å²) in [7, 11) is -19.8. The molecule has 0 atom stereocenters. The fourth-order valence-corrected chi connectivity index (χ4v) is 4.91. The highest BCUT2D eigenvalue weighted by Gasteiger charge is 2.27. The predicted molar refractivity (Wildman–Crippen MR) is 101 cm³/mol.